The zero-order valence-electron chi connectivity index (χ0n) is 10.3. The van der Waals surface area contributed by atoms with Gasteiger partial charge in [0.15, 0.2) is 5.82 Å². The topological polar surface area (TPSA) is 91.2 Å². The number of hydrogen-bond acceptors (Lipinski definition) is 7. The smallest absolute Gasteiger partial charge is 0.306 e. The maximum atomic E-state index is 11.0. The maximum absolute atomic E-state index is 11.0. The average Bonchev–Trinajstić information content (AvgIpc) is 2.86. The Morgan fingerprint density at radius 2 is 2.28 bits per heavy atom. The molecule has 0 saturated carbocycles. The normalized spacial score (nSPS) is 18.6. The van der Waals surface area contributed by atoms with Crippen LogP contribution in [0.2, 0.25) is 0 Å². The van der Waals surface area contributed by atoms with Gasteiger partial charge in [-0.1, -0.05) is 5.16 Å². The van der Waals surface area contributed by atoms with Crippen molar-refractivity contribution in [1.82, 2.24) is 10.1 Å². The van der Waals surface area contributed by atoms with Crippen molar-refractivity contribution in [2.24, 2.45) is 5.73 Å². The van der Waals surface area contributed by atoms with Crippen LogP contribution in [0.25, 0.3) is 0 Å². The van der Waals surface area contributed by atoms with Crippen LogP contribution in [0.1, 0.15) is 31.0 Å². The predicted octanol–water partition coefficient (Wildman–Crippen LogP) is 0.856. The van der Waals surface area contributed by atoms with Gasteiger partial charge in [0, 0.05) is 6.42 Å². The van der Waals surface area contributed by atoms with E-state index < -0.39 is 5.54 Å². The molecule has 6 nitrogen and oxygen atoms in total. The molecule has 1 aliphatic heterocycles. The van der Waals surface area contributed by atoms with Crippen molar-refractivity contribution in [2.45, 2.75) is 31.2 Å². The third kappa shape index (κ3) is 3.02. The molecule has 7 heteroatoms. The van der Waals surface area contributed by atoms with E-state index in [0.717, 1.165) is 24.3 Å². The maximum Gasteiger partial charge on any atom is 0.306 e. The van der Waals surface area contributed by atoms with E-state index in [0.29, 0.717) is 18.1 Å². The van der Waals surface area contributed by atoms with Gasteiger partial charge in [0.1, 0.15) is 0 Å². The lowest BCUT2D eigenvalue weighted by molar-refractivity contribution is -0.140. The molecule has 0 aromatic carbocycles. The Morgan fingerprint density at radius 1 is 1.56 bits per heavy atom. The van der Waals surface area contributed by atoms with Gasteiger partial charge in [-0.05, 0) is 24.3 Å². The first-order valence-corrected chi connectivity index (χ1v) is 7.06. The fraction of sp³-hybridized carbons (Fsp3) is 0.727. The lowest BCUT2D eigenvalue weighted by Gasteiger charge is -2.29. The van der Waals surface area contributed by atoms with Gasteiger partial charge in [-0.3, -0.25) is 4.79 Å². The van der Waals surface area contributed by atoms with Crippen LogP contribution in [0.4, 0.5) is 0 Å². The molecular formula is C11H17N3O3S. The van der Waals surface area contributed by atoms with E-state index in [4.69, 9.17) is 10.3 Å². The molecule has 0 spiro atoms. The molecule has 100 valence electrons. The van der Waals surface area contributed by atoms with Crippen LogP contribution in [0, 0.1) is 0 Å². The summed E-state index contributed by atoms with van der Waals surface area (Å²) in [5.41, 5.74) is 5.81. The lowest BCUT2D eigenvalue weighted by Crippen LogP contribution is -2.41. The summed E-state index contributed by atoms with van der Waals surface area (Å²) in [6.45, 7) is 0. The second-order valence-corrected chi connectivity index (χ2v) is 5.58. The number of hydrogen-bond donors (Lipinski definition) is 1. The Balaban J connectivity index is 1.98. The van der Waals surface area contributed by atoms with Crippen LogP contribution < -0.4 is 5.73 Å². The Labute approximate surface area is 110 Å². The molecule has 1 saturated heterocycles. The number of aromatic nitrogens is 2. The zero-order valence-corrected chi connectivity index (χ0v) is 11.2. The molecule has 0 radical (unpaired) electrons. The summed E-state index contributed by atoms with van der Waals surface area (Å²) >= 11 is 1.89. The molecule has 2 heterocycles. The molecule has 1 aliphatic rings. The standard InChI is InChI=1S/C11H17N3O3S/c1-16-9(15)3-2-8-13-10(14-17-8)11(12)4-6-18-7-5-11/h2-7,12H2,1H3. The summed E-state index contributed by atoms with van der Waals surface area (Å²) in [4.78, 5) is 15.3. The second-order valence-electron chi connectivity index (χ2n) is 4.36. The zero-order chi connectivity index (χ0) is 13.0. The summed E-state index contributed by atoms with van der Waals surface area (Å²) in [6, 6.07) is 0. The van der Waals surface area contributed by atoms with Crippen molar-refractivity contribution in [3.05, 3.63) is 11.7 Å². The monoisotopic (exact) mass is 271 g/mol. The van der Waals surface area contributed by atoms with Crippen LogP contribution in [0.5, 0.6) is 0 Å². The molecule has 1 aromatic rings. The van der Waals surface area contributed by atoms with E-state index in [1.54, 1.807) is 0 Å². The van der Waals surface area contributed by atoms with Gasteiger partial charge in [-0.15, -0.1) is 0 Å². The van der Waals surface area contributed by atoms with E-state index in [-0.39, 0.29) is 12.4 Å². The van der Waals surface area contributed by atoms with E-state index in [9.17, 15) is 4.79 Å². The van der Waals surface area contributed by atoms with Crippen molar-refractivity contribution in [3.63, 3.8) is 0 Å². The second kappa shape index (κ2) is 5.71. The SMILES string of the molecule is COC(=O)CCc1nc(C2(N)CCSCC2)no1. The number of rotatable bonds is 4. The number of esters is 1. The van der Waals surface area contributed by atoms with Gasteiger partial charge in [0.2, 0.25) is 5.89 Å². The third-order valence-electron chi connectivity index (χ3n) is 3.07. The summed E-state index contributed by atoms with van der Waals surface area (Å²) in [5.74, 6) is 2.75. The number of aryl methyl sites for hydroxylation is 1. The minimum absolute atomic E-state index is 0.242. The number of methoxy groups -OCH3 is 1. The van der Waals surface area contributed by atoms with Gasteiger partial charge >= 0.3 is 5.97 Å². The van der Waals surface area contributed by atoms with Crippen LogP contribution in [-0.2, 0) is 21.5 Å². The number of nitrogens with two attached hydrogens (primary N) is 1. The number of carbonyl (C=O) groups is 1. The molecule has 2 rings (SSSR count). The molecule has 0 aliphatic carbocycles. The fourth-order valence-corrected chi connectivity index (χ4v) is 3.05. The van der Waals surface area contributed by atoms with Crippen molar-refractivity contribution in [3.8, 4) is 0 Å². The molecule has 1 fully saturated rings. The van der Waals surface area contributed by atoms with Gasteiger partial charge in [0.25, 0.3) is 0 Å². The minimum Gasteiger partial charge on any atom is -0.469 e. The highest BCUT2D eigenvalue weighted by Gasteiger charge is 2.34. The first-order valence-electron chi connectivity index (χ1n) is 5.90. The molecule has 0 unspecified atom stereocenters. The van der Waals surface area contributed by atoms with Gasteiger partial charge in [0.05, 0.1) is 19.1 Å². The van der Waals surface area contributed by atoms with Crippen molar-refractivity contribution >= 4 is 17.7 Å². The molecular weight excluding hydrogens is 254 g/mol. The summed E-state index contributed by atoms with van der Waals surface area (Å²) in [5, 5.41) is 3.94. The molecule has 0 bridgehead atoms. The summed E-state index contributed by atoms with van der Waals surface area (Å²) in [7, 11) is 1.36. The average molecular weight is 271 g/mol. The van der Waals surface area contributed by atoms with E-state index >= 15 is 0 Å². The number of ether oxygens (including phenoxy) is 1. The van der Waals surface area contributed by atoms with E-state index in [1.807, 2.05) is 11.8 Å². The largest absolute Gasteiger partial charge is 0.469 e. The Bertz CT molecular complexity index is 415. The van der Waals surface area contributed by atoms with Crippen molar-refractivity contribution < 1.29 is 14.1 Å². The van der Waals surface area contributed by atoms with Crippen LogP contribution in [-0.4, -0.2) is 34.7 Å². The predicted molar refractivity (Wildman–Crippen MR) is 67.1 cm³/mol. The van der Waals surface area contributed by atoms with Gasteiger partial charge in [-0.2, -0.15) is 16.7 Å². The fourth-order valence-electron chi connectivity index (χ4n) is 1.83. The van der Waals surface area contributed by atoms with Crippen molar-refractivity contribution in [2.75, 3.05) is 18.6 Å². The van der Waals surface area contributed by atoms with E-state index in [1.165, 1.54) is 7.11 Å². The van der Waals surface area contributed by atoms with Crippen molar-refractivity contribution in [1.29, 1.82) is 0 Å². The lowest BCUT2D eigenvalue weighted by atomic mass is 9.93. The Morgan fingerprint density at radius 3 is 2.94 bits per heavy atom. The molecule has 0 atom stereocenters. The third-order valence-corrected chi connectivity index (χ3v) is 4.05. The first kappa shape index (κ1) is 13.4. The highest BCUT2D eigenvalue weighted by Crippen LogP contribution is 2.31. The van der Waals surface area contributed by atoms with Crippen LogP contribution >= 0.6 is 11.8 Å². The quantitative estimate of drug-likeness (QED) is 0.812. The minimum atomic E-state index is -0.474. The van der Waals surface area contributed by atoms with Crippen LogP contribution in [0.3, 0.4) is 0 Å². The number of nitrogens with zero attached hydrogens (tertiary/aromatic N) is 2. The molecule has 2 N–H and O–H groups in total. The first-order chi connectivity index (χ1) is 8.64. The highest BCUT2D eigenvalue weighted by molar-refractivity contribution is 7.99. The Kier molecular flexibility index (Phi) is 4.23. The molecule has 1 aromatic heterocycles. The number of thioether (sulfide) groups is 1. The molecule has 0 amide bonds. The van der Waals surface area contributed by atoms with Crippen LogP contribution in [0.15, 0.2) is 4.52 Å². The van der Waals surface area contributed by atoms with E-state index in [2.05, 4.69) is 14.9 Å². The Hall–Kier alpha value is -1.08. The summed E-state index contributed by atoms with van der Waals surface area (Å²) in [6.07, 6.45) is 2.34. The molecule has 18 heavy (non-hydrogen) atoms. The number of carbonyl (C=O) groups excluding carboxylic acids is 1. The summed E-state index contributed by atoms with van der Waals surface area (Å²) < 4.78 is 9.68. The van der Waals surface area contributed by atoms with Gasteiger partial charge in [-0.25, -0.2) is 0 Å². The van der Waals surface area contributed by atoms with Gasteiger partial charge < -0.3 is 15.0 Å². The highest BCUT2D eigenvalue weighted by atomic mass is 32.2.